The van der Waals surface area contributed by atoms with Gasteiger partial charge in [-0.3, -0.25) is 4.79 Å². The Bertz CT molecular complexity index is 1190. The van der Waals surface area contributed by atoms with Crippen molar-refractivity contribution in [3.05, 3.63) is 77.9 Å². The molecule has 0 amide bonds. The number of nitrogens with zero attached hydrogens (tertiary/aromatic N) is 3. The van der Waals surface area contributed by atoms with E-state index in [2.05, 4.69) is 10.1 Å². The lowest BCUT2D eigenvalue weighted by Crippen LogP contribution is -2.49. The van der Waals surface area contributed by atoms with Crippen LogP contribution in [0.3, 0.4) is 0 Å². The number of hydrogen-bond acceptors (Lipinski definition) is 7. The van der Waals surface area contributed by atoms with Gasteiger partial charge in [-0.1, -0.05) is 67.5 Å². The summed E-state index contributed by atoms with van der Waals surface area (Å²) in [5.41, 5.74) is -0.148. The van der Waals surface area contributed by atoms with E-state index in [0.29, 0.717) is 18.7 Å². The molecule has 0 radical (unpaired) electrons. The lowest BCUT2D eigenvalue weighted by Gasteiger charge is -2.39. The van der Waals surface area contributed by atoms with Crippen LogP contribution in [0, 0.1) is 0 Å². The normalized spacial score (nSPS) is 16.6. The van der Waals surface area contributed by atoms with Crippen LogP contribution in [0.2, 0.25) is 0 Å². The second-order valence-electron chi connectivity index (χ2n) is 8.44. The first-order chi connectivity index (χ1) is 15.8. The Hall–Kier alpha value is -3.04. The van der Waals surface area contributed by atoms with Crippen molar-refractivity contribution in [2.45, 2.75) is 49.5 Å². The third-order valence-electron chi connectivity index (χ3n) is 6.00. The molecule has 0 atom stereocenters. The van der Waals surface area contributed by atoms with Crippen LogP contribution in [-0.4, -0.2) is 41.9 Å². The SMILES string of the molecule is CC(C)c1noc(COC(=O)C2(c3ccccc3)CCN(S(=O)(=O)c3ccccc3)CC2)n1. The van der Waals surface area contributed by atoms with Gasteiger partial charge in [0.1, 0.15) is 0 Å². The number of aromatic nitrogens is 2. The number of sulfonamides is 1. The van der Waals surface area contributed by atoms with E-state index in [0.717, 1.165) is 5.56 Å². The third kappa shape index (κ3) is 4.69. The van der Waals surface area contributed by atoms with E-state index in [1.807, 2.05) is 44.2 Å². The van der Waals surface area contributed by atoms with Crippen LogP contribution in [0.25, 0.3) is 0 Å². The lowest BCUT2D eigenvalue weighted by molar-refractivity contribution is -0.154. The van der Waals surface area contributed by atoms with Crippen LogP contribution >= 0.6 is 0 Å². The monoisotopic (exact) mass is 469 g/mol. The summed E-state index contributed by atoms with van der Waals surface area (Å²) in [6.45, 7) is 4.18. The zero-order valence-electron chi connectivity index (χ0n) is 18.7. The van der Waals surface area contributed by atoms with Gasteiger partial charge in [0.05, 0.1) is 10.3 Å². The Labute approximate surface area is 193 Å². The highest BCUT2D eigenvalue weighted by Crippen LogP contribution is 2.38. The molecule has 1 aromatic heterocycles. The number of carbonyl (C=O) groups is 1. The second-order valence-corrected chi connectivity index (χ2v) is 10.4. The lowest BCUT2D eigenvalue weighted by atomic mass is 9.73. The van der Waals surface area contributed by atoms with Gasteiger partial charge in [0, 0.05) is 19.0 Å². The summed E-state index contributed by atoms with van der Waals surface area (Å²) in [4.78, 5) is 17.9. The molecule has 33 heavy (non-hydrogen) atoms. The number of esters is 1. The van der Waals surface area contributed by atoms with Crippen molar-refractivity contribution in [1.82, 2.24) is 14.4 Å². The van der Waals surface area contributed by atoms with Crippen LogP contribution in [0.4, 0.5) is 0 Å². The molecule has 9 heteroatoms. The summed E-state index contributed by atoms with van der Waals surface area (Å²) in [6, 6.07) is 17.7. The Kier molecular flexibility index (Phi) is 6.62. The second kappa shape index (κ2) is 9.44. The van der Waals surface area contributed by atoms with Crippen molar-refractivity contribution < 1.29 is 22.5 Å². The van der Waals surface area contributed by atoms with Crippen molar-refractivity contribution >= 4 is 16.0 Å². The molecule has 1 fully saturated rings. The van der Waals surface area contributed by atoms with E-state index in [4.69, 9.17) is 9.26 Å². The number of ether oxygens (including phenoxy) is 1. The summed E-state index contributed by atoms with van der Waals surface area (Å²) >= 11 is 0. The minimum absolute atomic E-state index is 0.102. The highest BCUT2D eigenvalue weighted by atomic mass is 32.2. The highest BCUT2D eigenvalue weighted by Gasteiger charge is 2.46. The zero-order chi connectivity index (χ0) is 23.5. The van der Waals surface area contributed by atoms with Crippen LogP contribution in [0.15, 0.2) is 70.1 Å². The number of hydrogen-bond donors (Lipinski definition) is 0. The van der Waals surface area contributed by atoms with Gasteiger partial charge in [0.25, 0.3) is 5.89 Å². The highest BCUT2D eigenvalue weighted by molar-refractivity contribution is 7.89. The molecule has 0 saturated carbocycles. The van der Waals surface area contributed by atoms with Crippen molar-refractivity contribution in [2.24, 2.45) is 0 Å². The fourth-order valence-corrected chi connectivity index (χ4v) is 5.51. The first kappa shape index (κ1) is 23.1. The van der Waals surface area contributed by atoms with Gasteiger partial charge in [-0.2, -0.15) is 9.29 Å². The van der Waals surface area contributed by atoms with E-state index in [-0.39, 0.29) is 36.4 Å². The van der Waals surface area contributed by atoms with Gasteiger partial charge < -0.3 is 9.26 Å². The van der Waals surface area contributed by atoms with E-state index in [9.17, 15) is 13.2 Å². The van der Waals surface area contributed by atoms with Crippen molar-refractivity contribution in [3.8, 4) is 0 Å². The molecular weight excluding hydrogens is 442 g/mol. The topological polar surface area (TPSA) is 103 Å². The summed E-state index contributed by atoms with van der Waals surface area (Å²) in [5, 5.41) is 3.90. The molecule has 8 nitrogen and oxygen atoms in total. The van der Waals surface area contributed by atoms with Gasteiger partial charge >= 0.3 is 5.97 Å². The first-order valence-electron chi connectivity index (χ1n) is 10.9. The van der Waals surface area contributed by atoms with E-state index >= 15 is 0 Å². The fourth-order valence-electron chi connectivity index (χ4n) is 4.04. The predicted molar refractivity (Wildman–Crippen MR) is 121 cm³/mol. The summed E-state index contributed by atoms with van der Waals surface area (Å²) in [5.74, 6) is 0.470. The number of benzene rings is 2. The molecule has 0 unspecified atom stereocenters. The number of rotatable bonds is 7. The van der Waals surface area contributed by atoms with Gasteiger partial charge in [-0.15, -0.1) is 0 Å². The molecule has 0 aliphatic carbocycles. The maximum Gasteiger partial charge on any atom is 0.317 e. The molecule has 0 spiro atoms. The summed E-state index contributed by atoms with van der Waals surface area (Å²) in [7, 11) is -3.63. The van der Waals surface area contributed by atoms with Crippen molar-refractivity contribution in [1.29, 1.82) is 0 Å². The van der Waals surface area contributed by atoms with Gasteiger partial charge in [-0.05, 0) is 30.5 Å². The molecule has 2 heterocycles. The minimum Gasteiger partial charge on any atom is -0.455 e. The molecule has 0 N–H and O–H groups in total. The Morgan fingerprint density at radius 2 is 1.67 bits per heavy atom. The van der Waals surface area contributed by atoms with Crippen LogP contribution in [0.1, 0.15) is 49.9 Å². The zero-order valence-corrected chi connectivity index (χ0v) is 19.5. The standard InChI is InChI=1S/C24H27N3O5S/c1-18(2)22-25-21(32-26-22)17-31-23(28)24(19-9-5-3-6-10-19)13-15-27(16-14-24)33(29,30)20-11-7-4-8-12-20/h3-12,18H,13-17H2,1-2H3. The van der Waals surface area contributed by atoms with E-state index < -0.39 is 21.4 Å². The van der Waals surface area contributed by atoms with Crippen LogP contribution < -0.4 is 0 Å². The molecule has 2 aromatic carbocycles. The minimum atomic E-state index is -3.63. The van der Waals surface area contributed by atoms with Crippen molar-refractivity contribution in [2.75, 3.05) is 13.1 Å². The molecule has 1 saturated heterocycles. The first-order valence-corrected chi connectivity index (χ1v) is 12.4. The molecule has 3 aromatic rings. The fraction of sp³-hybridized carbons (Fsp3) is 0.375. The quantitative estimate of drug-likeness (QED) is 0.487. The average molecular weight is 470 g/mol. The Morgan fingerprint density at radius 1 is 1.06 bits per heavy atom. The largest absolute Gasteiger partial charge is 0.455 e. The number of carbonyl (C=O) groups excluding carboxylic acids is 1. The molecular formula is C24H27N3O5S. The van der Waals surface area contributed by atoms with Gasteiger partial charge in [0.2, 0.25) is 10.0 Å². The molecule has 4 rings (SSSR count). The molecule has 1 aliphatic rings. The Balaban J connectivity index is 1.53. The third-order valence-corrected chi connectivity index (χ3v) is 7.91. The van der Waals surface area contributed by atoms with E-state index in [1.54, 1.807) is 30.3 Å². The van der Waals surface area contributed by atoms with Crippen molar-refractivity contribution in [3.63, 3.8) is 0 Å². The van der Waals surface area contributed by atoms with Crippen LogP contribution in [0.5, 0.6) is 0 Å². The maximum absolute atomic E-state index is 13.4. The smallest absolute Gasteiger partial charge is 0.317 e. The maximum atomic E-state index is 13.4. The van der Waals surface area contributed by atoms with Crippen LogP contribution in [-0.2, 0) is 31.6 Å². The van der Waals surface area contributed by atoms with Gasteiger partial charge in [-0.25, -0.2) is 8.42 Å². The Morgan fingerprint density at radius 3 is 2.24 bits per heavy atom. The molecule has 0 bridgehead atoms. The number of piperidine rings is 1. The summed E-state index contributed by atoms with van der Waals surface area (Å²) in [6.07, 6.45) is 0.617. The summed E-state index contributed by atoms with van der Waals surface area (Å²) < 4.78 is 38.4. The van der Waals surface area contributed by atoms with E-state index in [1.165, 1.54) is 4.31 Å². The molecule has 174 valence electrons. The molecule has 1 aliphatic heterocycles. The van der Waals surface area contributed by atoms with Gasteiger partial charge in [0.15, 0.2) is 12.4 Å². The average Bonchev–Trinajstić information content (AvgIpc) is 3.33. The predicted octanol–water partition coefficient (Wildman–Crippen LogP) is 3.66.